The first kappa shape index (κ1) is 14.9. The molecule has 1 aliphatic heterocycles. The Balaban J connectivity index is 0.000000126. The van der Waals surface area contributed by atoms with E-state index in [9.17, 15) is 4.57 Å². The van der Waals surface area contributed by atoms with Crippen molar-refractivity contribution < 1.29 is 14.4 Å². The zero-order chi connectivity index (χ0) is 14.9. The summed E-state index contributed by atoms with van der Waals surface area (Å²) in [6, 6.07) is 0. The normalized spacial score (nSPS) is 36.4. The molecule has 4 aliphatic carbocycles. The molecule has 0 unspecified atom stereocenters. The fourth-order valence-electron chi connectivity index (χ4n) is 4.46. The second-order valence-electron chi connectivity index (χ2n) is 6.62. The van der Waals surface area contributed by atoms with Gasteiger partial charge in [-0.3, -0.25) is 4.57 Å². The maximum Gasteiger partial charge on any atom is 0.373 e. The summed E-state index contributed by atoms with van der Waals surface area (Å²) in [6.45, 7) is 0. The van der Waals surface area contributed by atoms with Crippen molar-refractivity contribution in [1.29, 1.82) is 0 Å². The number of nitrogens with one attached hydrogen (secondary N) is 1. The molecular weight excluding hydrogens is 289 g/mol. The summed E-state index contributed by atoms with van der Waals surface area (Å²) in [5, 5.41) is 2.30. The molecule has 116 valence electrons. The molecule has 0 atom stereocenters. The smallest absolute Gasteiger partial charge is 0.338 e. The summed E-state index contributed by atoms with van der Waals surface area (Å²) in [7, 11) is -4.22. The molecule has 0 aromatic rings. The Morgan fingerprint density at radius 1 is 0.952 bits per heavy atom. The highest BCUT2D eigenvalue weighted by molar-refractivity contribution is 7.56. The zero-order valence-electron chi connectivity index (χ0n) is 11.9. The Morgan fingerprint density at radius 3 is 1.86 bits per heavy atom. The number of nitrogens with zero attached hydrogens (tertiary/aromatic N) is 2. The summed E-state index contributed by atoms with van der Waals surface area (Å²) in [5.41, 5.74) is -0.255. The lowest BCUT2D eigenvalue weighted by Crippen LogP contribution is -2.38. The number of aliphatic imine (C=N–C) groups is 2. The van der Waals surface area contributed by atoms with E-state index >= 15 is 0 Å². The molecule has 5 aliphatic rings. The first-order valence-corrected chi connectivity index (χ1v) is 9.18. The third kappa shape index (κ3) is 3.82. The van der Waals surface area contributed by atoms with Crippen molar-refractivity contribution in [1.82, 2.24) is 5.32 Å². The van der Waals surface area contributed by atoms with E-state index in [1.807, 2.05) is 0 Å². The van der Waals surface area contributed by atoms with Crippen LogP contribution in [0.15, 0.2) is 21.6 Å². The molecule has 3 N–H and O–H groups in total. The third-order valence-corrected chi connectivity index (χ3v) is 5.80. The quantitative estimate of drug-likeness (QED) is 0.648. The van der Waals surface area contributed by atoms with Crippen LogP contribution in [-0.2, 0) is 4.57 Å². The largest absolute Gasteiger partial charge is 0.373 e. The average molecular weight is 311 g/mol. The number of hydrogen-bond donors (Lipinski definition) is 3. The fraction of sp³-hybridized carbons (Fsp3) is 0.714. The lowest BCUT2D eigenvalue weighted by Gasteiger charge is -2.49. The van der Waals surface area contributed by atoms with Crippen molar-refractivity contribution in [2.45, 2.75) is 38.5 Å². The van der Waals surface area contributed by atoms with Gasteiger partial charge in [-0.05, 0) is 62.2 Å². The standard InChI is InChI=1S/C10H16.C4H6N3O3P/c1-7-2-9-4-8(1)5-10(3-7)6-9;8-11(9,10)4-1-5-2-6-3-7-4/h7-10H,1-6H2;1-3H,(H,5,6,7)(H2,8,9,10). The van der Waals surface area contributed by atoms with Gasteiger partial charge in [-0.1, -0.05) is 0 Å². The molecule has 5 rings (SSSR count). The van der Waals surface area contributed by atoms with Gasteiger partial charge in [-0.2, -0.15) is 0 Å². The van der Waals surface area contributed by atoms with E-state index in [2.05, 4.69) is 15.3 Å². The molecule has 21 heavy (non-hydrogen) atoms. The molecule has 0 saturated heterocycles. The molecule has 1 heterocycles. The van der Waals surface area contributed by atoms with Crippen molar-refractivity contribution in [2.75, 3.05) is 0 Å². The van der Waals surface area contributed by atoms with Gasteiger partial charge in [-0.15, -0.1) is 0 Å². The Labute approximate surface area is 124 Å². The van der Waals surface area contributed by atoms with E-state index in [-0.39, 0.29) is 5.44 Å². The van der Waals surface area contributed by atoms with Crippen molar-refractivity contribution in [3.63, 3.8) is 0 Å². The minimum absolute atomic E-state index is 0.255. The molecule has 0 aromatic carbocycles. The molecular formula is C14H22N3O3P. The molecule has 4 bridgehead atoms. The van der Waals surface area contributed by atoms with Crippen LogP contribution >= 0.6 is 7.60 Å². The highest BCUT2D eigenvalue weighted by Gasteiger charge is 2.41. The lowest BCUT2D eigenvalue weighted by molar-refractivity contribution is 0.0198. The minimum atomic E-state index is -4.22. The fourth-order valence-corrected chi connectivity index (χ4v) is 4.90. The van der Waals surface area contributed by atoms with Crippen molar-refractivity contribution in [3.05, 3.63) is 11.6 Å². The van der Waals surface area contributed by atoms with Gasteiger partial charge in [0.25, 0.3) is 0 Å². The van der Waals surface area contributed by atoms with Crippen LogP contribution in [0.25, 0.3) is 0 Å². The summed E-state index contributed by atoms with van der Waals surface area (Å²) in [5.74, 6) is 4.71. The first-order chi connectivity index (χ1) is 10.0. The third-order valence-electron chi connectivity index (χ3n) is 4.93. The Hall–Kier alpha value is -0.970. The van der Waals surface area contributed by atoms with Crippen LogP contribution in [0.2, 0.25) is 0 Å². The van der Waals surface area contributed by atoms with Gasteiger partial charge in [0.1, 0.15) is 11.8 Å². The summed E-state index contributed by atoms with van der Waals surface area (Å²) in [6.07, 6.45) is 13.0. The molecule has 0 radical (unpaired) electrons. The van der Waals surface area contributed by atoms with Gasteiger partial charge in [0, 0.05) is 0 Å². The second kappa shape index (κ2) is 6.03. The van der Waals surface area contributed by atoms with Crippen LogP contribution in [0.3, 0.4) is 0 Å². The van der Waals surface area contributed by atoms with Gasteiger partial charge < -0.3 is 15.1 Å². The van der Waals surface area contributed by atoms with Gasteiger partial charge in [0.15, 0.2) is 0 Å². The van der Waals surface area contributed by atoms with E-state index in [0.29, 0.717) is 0 Å². The SMILES string of the molecule is C1C2CC3CC1CC(C2)C3.O=P(O)(O)C1=CN=CN=CN1. The molecule has 6 nitrogen and oxygen atoms in total. The molecule has 4 fully saturated rings. The average Bonchev–Trinajstić information content (AvgIpc) is 2.66. The van der Waals surface area contributed by atoms with Crippen molar-refractivity contribution in [2.24, 2.45) is 33.7 Å². The highest BCUT2D eigenvalue weighted by Crippen LogP contribution is 2.53. The zero-order valence-corrected chi connectivity index (χ0v) is 12.8. The second-order valence-corrected chi connectivity index (χ2v) is 8.19. The van der Waals surface area contributed by atoms with E-state index < -0.39 is 7.60 Å². The number of rotatable bonds is 1. The van der Waals surface area contributed by atoms with Gasteiger partial charge in [-0.25, -0.2) is 9.98 Å². The van der Waals surface area contributed by atoms with E-state index in [4.69, 9.17) is 9.79 Å². The van der Waals surface area contributed by atoms with Crippen LogP contribution in [-0.4, -0.2) is 22.5 Å². The summed E-state index contributed by atoms with van der Waals surface area (Å²) >= 11 is 0. The van der Waals surface area contributed by atoms with E-state index in [1.165, 1.54) is 30.0 Å². The summed E-state index contributed by atoms with van der Waals surface area (Å²) < 4.78 is 10.6. The van der Waals surface area contributed by atoms with Gasteiger partial charge >= 0.3 is 7.60 Å². The monoisotopic (exact) mass is 311 g/mol. The molecule has 4 saturated carbocycles. The Morgan fingerprint density at radius 2 is 1.43 bits per heavy atom. The number of hydrogen-bond acceptors (Lipinski definition) is 4. The van der Waals surface area contributed by atoms with Gasteiger partial charge in [0.05, 0.1) is 12.5 Å². The van der Waals surface area contributed by atoms with E-state index in [0.717, 1.165) is 12.5 Å². The lowest BCUT2D eigenvalue weighted by atomic mass is 9.56. The van der Waals surface area contributed by atoms with Crippen LogP contribution in [0.5, 0.6) is 0 Å². The molecule has 0 spiro atoms. The maximum absolute atomic E-state index is 10.6. The molecule has 7 heteroatoms. The van der Waals surface area contributed by atoms with Crippen LogP contribution in [0.1, 0.15) is 38.5 Å². The Kier molecular flexibility index (Phi) is 4.29. The van der Waals surface area contributed by atoms with Crippen molar-refractivity contribution in [3.8, 4) is 0 Å². The van der Waals surface area contributed by atoms with Crippen LogP contribution in [0, 0.1) is 23.7 Å². The molecule has 0 aromatic heterocycles. The minimum Gasteiger partial charge on any atom is -0.338 e. The maximum atomic E-state index is 10.6. The van der Waals surface area contributed by atoms with Gasteiger partial charge in [0.2, 0.25) is 0 Å². The van der Waals surface area contributed by atoms with Crippen LogP contribution in [0.4, 0.5) is 0 Å². The predicted octanol–water partition coefficient (Wildman–Crippen LogP) is 2.46. The summed E-state index contributed by atoms with van der Waals surface area (Å²) in [4.78, 5) is 24.2. The van der Waals surface area contributed by atoms with Crippen LogP contribution < -0.4 is 5.32 Å². The molecule has 0 amide bonds. The first-order valence-electron chi connectivity index (χ1n) is 7.57. The van der Waals surface area contributed by atoms with E-state index in [1.54, 1.807) is 38.5 Å². The highest BCUT2D eigenvalue weighted by atomic mass is 31.2. The van der Waals surface area contributed by atoms with Crippen molar-refractivity contribution >= 4 is 20.3 Å². The topological polar surface area (TPSA) is 94.3 Å². The Bertz CT molecular complexity index is 467. The predicted molar refractivity (Wildman–Crippen MR) is 81.9 cm³/mol.